The SMILES string of the molecule is COc1ccc(CN(C)CCC(N)C(C)C)cc1Br. The van der Waals surface area contributed by atoms with Gasteiger partial charge < -0.3 is 15.4 Å². The topological polar surface area (TPSA) is 38.5 Å². The maximum Gasteiger partial charge on any atom is 0.133 e. The average molecular weight is 329 g/mol. The summed E-state index contributed by atoms with van der Waals surface area (Å²) in [6, 6.07) is 6.48. The minimum absolute atomic E-state index is 0.282. The second-order valence-electron chi connectivity index (χ2n) is 5.40. The Kier molecular flexibility index (Phi) is 6.83. The summed E-state index contributed by atoms with van der Waals surface area (Å²) < 4.78 is 6.23. The van der Waals surface area contributed by atoms with Crippen LogP contribution in [-0.4, -0.2) is 31.6 Å². The molecule has 1 rings (SSSR count). The largest absolute Gasteiger partial charge is 0.496 e. The summed E-state index contributed by atoms with van der Waals surface area (Å²) in [5, 5.41) is 0. The van der Waals surface area contributed by atoms with Crippen molar-refractivity contribution >= 4 is 15.9 Å². The number of hydrogen-bond acceptors (Lipinski definition) is 3. The predicted octanol–water partition coefficient (Wildman–Crippen LogP) is 3.26. The Hall–Kier alpha value is -0.580. The van der Waals surface area contributed by atoms with Gasteiger partial charge in [-0.2, -0.15) is 0 Å². The molecule has 0 heterocycles. The lowest BCUT2D eigenvalue weighted by molar-refractivity contribution is 0.296. The fraction of sp³-hybridized carbons (Fsp3) is 0.600. The van der Waals surface area contributed by atoms with E-state index >= 15 is 0 Å². The lowest BCUT2D eigenvalue weighted by Gasteiger charge is -2.21. The Labute approximate surface area is 125 Å². The zero-order valence-corrected chi connectivity index (χ0v) is 13.9. The summed E-state index contributed by atoms with van der Waals surface area (Å²) >= 11 is 3.51. The molecule has 0 amide bonds. The van der Waals surface area contributed by atoms with Crippen molar-refractivity contribution in [1.82, 2.24) is 4.90 Å². The summed E-state index contributed by atoms with van der Waals surface area (Å²) in [5.41, 5.74) is 7.34. The van der Waals surface area contributed by atoms with Crippen molar-refractivity contribution in [3.05, 3.63) is 28.2 Å². The summed E-state index contributed by atoms with van der Waals surface area (Å²) in [6.45, 7) is 6.28. The van der Waals surface area contributed by atoms with Crippen LogP contribution in [0.3, 0.4) is 0 Å². The van der Waals surface area contributed by atoms with E-state index in [2.05, 4.69) is 53.9 Å². The third kappa shape index (κ3) is 5.51. The van der Waals surface area contributed by atoms with Gasteiger partial charge >= 0.3 is 0 Å². The van der Waals surface area contributed by atoms with Gasteiger partial charge in [-0.1, -0.05) is 19.9 Å². The summed E-state index contributed by atoms with van der Waals surface area (Å²) in [7, 11) is 3.81. The first kappa shape index (κ1) is 16.5. The highest BCUT2D eigenvalue weighted by atomic mass is 79.9. The molecule has 1 unspecified atom stereocenters. The van der Waals surface area contributed by atoms with Gasteiger partial charge in [0.1, 0.15) is 5.75 Å². The van der Waals surface area contributed by atoms with Crippen molar-refractivity contribution in [3.8, 4) is 5.75 Å². The van der Waals surface area contributed by atoms with Crippen LogP contribution in [-0.2, 0) is 6.54 Å². The Morgan fingerprint density at radius 2 is 2.05 bits per heavy atom. The fourth-order valence-corrected chi connectivity index (χ4v) is 2.49. The number of ether oxygens (including phenoxy) is 1. The molecule has 0 spiro atoms. The third-order valence-corrected chi connectivity index (χ3v) is 3.99. The monoisotopic (exact) mass is 328 g/mol. The molecule has 0 saturated carbocycles. The molecule has 1 aromatic rings. The van der Waals surface area contributed by atoms with E-state index in [0.29, 0.717) is 5.92 Å². The molecule has 4 heteroatoms. The number of nitrogens with two attached hydrogens (primary N) is 1. The van der Waals surface area contributed by atoms with Crippen LogP contribution in [0.5, 0.6) is 5.75 Å². The van der Waals surface area contributed by atoms with Crippen LogP contribution in [0, 0.1) is 5.92 Å². The van der Waals surface area contributed by atoms with Gasteiger partial charge in [-0.3, -0.25) is 0 Å². The highest BCUT2D eigenvalue weighted by Crippen LogP contribution is 2.25. The number of rotatable bonds is 7. The van der Waals surface area contributed by atoms with Crippen LogP contribution < -0.4 is 10.5 Å². The second kappa shape index (κ2) is 7.88. The van der Waals surface area contributed by atoms with Crippen molar-refractivity contribution in [3.63, 3.8) is 0 Å². The number of benzene rings is 1. The molecular formula is C15H25BrN2O. The lowest BCUT2D eigenvalue weighted by atomic mass is 10.0. The zero-order chi connectivity index (χ0) is 14.4. The normalized spacial score (nSPS) is 13.1. The van der Waals surface area contributed by atoms with Gasteiger partial charge in [0.2, 0.25) is 0 Å². The van der Waals surface area contributed by atoms with E-state index in [0.717, 1.165) is 29.7 Å². The van der Waals surface area contributed by atoms with E-state index in [4.69, 9.17) is 10.5 Å². The summed E-state index contributed by atoms with van der Waals surface area (Å²) in [5.74, 6) is 1.41. The molecule has 3 nitrogen and oxygen atoms in total. The van der Waals surface area contributed by atoms with Crippen LogP contribution in [0.2, 0.25) is 0 Å². The van der Waals surface area contributed by atoms with E-state index in [1.54, 1.807) is 7.11 Å². The Morgan fingerprint density at radius 3 is 2.58 bits per heavy atom. The zero-order valence-electron chi connectivity index (χ0n) is 12.3. The Morgan fingerprint density at radius 1 is 1.37 bits per heavy atom. The van der Waals surface area contributed by atoms with Crippen LogP contribution >= 0.6 is 15.9 Å². The van der Waals surface area contributed by atoms with Crippen LogP contribution in [0.4, 0.5) is 0 Å². The van der Waals surface area contributed by atoms with Gasteiger partial charge in [-0.15, -0.1) is 0 Å². The maximum absolute atomic E-state index is 6.07. The lowest BCUT2D eigenvalue weighted by Crippen LogP contribution is -2.31. The minimum Gasteiger partial charge on any atom is -0.496 e. The van der Waals surface area contributed by atoms with Crippen LogP contribution in [0.15, 0.2) is 22.7 Å². The molecule has 0 aromatic heterocycles. The highest BCUT2D eigenvalue weighted by Gasteiger charge is 2.09. The number of nitrogens with zero attached hydrogens (tertiary/aromatic N) is 1. The third-order valence-electron chi connectivity index (χ3n) is 3.37. The van der Waals surface area contributed by atoms with Gasteiger partial charge in [-0.25, -0.2) is 0 Å². The van der Waals surface area contributed by atoms with Crippen LogP contribution in [0.1, 0.15) is 25.8 Å². The second-order valence-corrected chi connectivity index (χ2v) is 6.26. The minimum atomic E-state index is 0.282. The first-order chi connectivity index (χ1) is 8.93. The molecule has 1 aromatic carbocycles. The van der Waals surface area contributed by atoms with Gasteiger partial charge in [0.25, 0.3) is 0 Å². The van der Waals surface area contributed by atoms with Crippen molar-refractivity contribution < 1.29 is 4.74 Å². The summed E-state index contributed by atoms with van der Waals surface area (Å²) in [4.78, 5) is 2.30. The molecule has 2 N–H and O–H groups in total. The summed E-state index contributed by atoms with van der Waals surface area (Å²) in [6.07, 6.45) is 1.03. The van der Waals surface area contributed by atoms with Gasteiger partial charge in [0, 0.05) is 12.6 Å². The van der Waals surface area contributed by atoms with E-state index in [-0.39, 0.29) is 6.04 Å². The number of hydrogen-bond donors (Lipinski definition) is 1. The molecule has 0 aliphatic heterocycles. The van der Waals surface area contributed by atoms with Crippen LogP contribution in [0.25, 0.3) is 0 Å². The Balaban J connectivity index is 2.48. The average Bonchev–Trinajstić information content (AvgIpc) is 2.36. The molecule has 0 saturated heterocycles. The Bertz CT molecular complexity index is 396. The molecule has 0 aliphatic carbocycles. The van der Waals surface area contributed by atoms with E-state index in [1.807, 2.05) is 6.07 Å². The first-order valence-corrected chi connectivity index (χ1v) is 7.50. The van der Waals surface area contributed by atoms with E-state index in [1.165, 1.54) is 5.56 Å². The predicted molar refractivity (Wildman–Crippen MR) is 84.5 cm³/mol. The van der Waals surface area contributed by atoms with Crippen molar-refractivity contribution in [2.45, 2.75) is 32.9 Å². The molecular weight excluding hydrogens is 304 g/mol. The number of halogens is 1. The first-order valence-electron chi connectivity index (χ1n) is 6.70. The van der Waals surface area contributed by atoms with Gasteiger partial charge in [0.15, 0.2) is 0 Å². The molecule has 1 atom stereocenters. The van der Waals surface area contributed by atoms with E-state index < -0.39 is 0 Å². The van der Waals surface area contributed by atoms with Gasteiger partial charge in [-0.05, 0) is 59.6 Å². The van der Waals surface area contributed by atoms with Crippen molar-refractivity contribution in [2.24, 2.45) is 11.7 Å². The molecule has 0 bridgehead atoms. The standard InChI is InChI=1S/C15H25BrN2O/c1-11(2)14(17)7-8-18(3)10-12-5-6-15(19-4)13(16)9-12/h5-6,9,11,14H,7-8,10,17H2,1-4H3. The quantitative estimate of drug-likeness (QED) is 0.834. The highest BCUT2D eigenvalue weighted by molar-refractivity contribution is 9.10. The smallest absolute Gasteiger partial charge is 0.133 e. The van der Waals surface area contributed by atoms with Gasteiger partial charge in [0.05, 0.1) is 11.6 Å². The molecule has 19 heavy (non-hydrogen) atoms. The molecule has 0 aliphatic rings. The molecule has 0 radical (unpaired) electrons. The molecule has 108 valence electrons. The molecule has 0 fully saturated rings. The number of methoxy groups -OCH3 is 1. The van der Waals surface area contributed by atoms with Crippen molar-refractivity contribution in [1.29, 1.82) is 0 Å². The van der Waals surface area contributed by atoms with E-state index in [9.17, 15) is 0 Å². The fourth-order valence-electron chi connectivity index (χ4n) is 1.90. The van der Waals surface area contributed by atoms with Crippen molar-refractivity contribution in [2.75, 3.05) is 20.7 Å². The maximum atomic E-state index is 6.07.